The summed E-state index contributed by atoms with van der Waals surface area (Å²) >= 11 is 5.98. The molecule has 0 aliphatic carbocycles. The number of anilines is 1. The average molecular weight is 241 g/mol. The summed E-state index contributed by atoms with van der Waals surface area (Å²) in [7, 11) is 1.86. The first-order valence-corrected chi connectivity index (χ1v) is 5.09. The van der Waals surface area contributed by atoms with E-state index in [9.17, 15) is 10.1 Å². The molecule has 1 rings (SSSR count). The molecule has 0 aliphatic rings. The number of halogens is 1. The molecule has 0 radical (unpaired) electrons. The summed E-state index contributed by atoms with van der Waals surface area (Å²) in [6, 6.07) is 4.44. The molecule has 16 heavy (non-hydrogen) atoms. The van der Waals surface area contributed by atoms with Crippen molar-refractivity contribution in [1.29, 1.82) is 0 Å². The van der Waals surface area contributed by atoms with Gasteiger partial charge in [0.25, 0.3) is 5.69 Å². The largest absolute Gasteiger partial charge is 0.369 e. The number of nitro groups is 1. The number of non-ortho nitro benzene ring substituents is 1. The van der Waals surface area contributed by atoms with Crippen molar-refractivity contribution in [2.24, 2.45) is 0 Å². The van der Waals surface area contributed by atoms with Gasteiger partial charge in [0.2, 0.25) is 0 Å². The lowest BCUT2D eigenvalue weighted by Crippen LogP contribution is -2.19. The molecule has 0 saturated heterocycles. The standard InChI is InChI=1S/C11H13ClN2O2/c1-8(2)7-13(3)11-5-4-9(14(15)16)6-10(11)12/h4-6H,1,7H2,2-3H3. The van der Waals surface area contributed by atoms with Gasteiger partial charge in [0.05, 0.1) is 15.6 Å². The van der Waals surface area contributed by atoms with E-state index in [4.69, 9.17) is 11.6 Å². The van der Waals surface area contributed by atoms with Gasteiger partial charge in [0.15, 0.2) is 0 Å². The predicted molar refractivity (Wildman–Crippen MR) is 66.2 cm³/mol. The molecule has 5 heteroatoms. The molecule has 1 aromatic rings. The number of hydrogen-bond donors (Lipinski definition) is 0. The molecule has 0 saturated carbocycles. The summed E-state index contributed by atoms with van der Waals surface area (Å²) < 4.78 is 0. The normalized spacial score (nSPS) is 9.94. The molecular weight excluding hydrogens is 228 g/mol. The van der Waals surface area contributed by atoms with Crippen LogP contribution >= 0.6 is 11.6 Å². The maximum absolute atomic E-state index is 10.5. The van der Waals surface area contributed by atoms with E-state index < -0.39 is 4.92 Å². The lowest BCUT2D eigenvalue weighted by Gasteiger charge is -2.20. The third-order valence-electron chi connectivity index (χ3n) is 2.06. The van der Waals surface area contributed by atoms with Crippen molar-refractivity contribution in [1.82, 2.24) is 0 Å². The van der Waals surface area contributed by atoms with Gasteiger partial charge in [-0.2, -0.15) is 0 Å². The summed E-state index contributed by atoms with van der Waals surface area (Å²) in [5.41, 5.74) is 1.75. The first kappa shape index (κ1) is 12.5. The van der Waals surface area contributed by atoms with Gasteiger partial charge < -0.3 is 4.90 Å². The Balaban J connectivity index is 2.98. The molecule has 86 valence electrons. The van der Waals surface area contributed by atoms with Gasteiger partial charge >= 0.3 is 0 Å². The van der Waals surface area contributed by atoms with Gasteiger partial charge in [-0.1, -0.05) is 23.8 Å². The maximum Gasteiger partial charge on any atom is 0.271 e. The SMILES string of the molecule is C=C(C)CN(C)c1ccc([N+](=O)[O-])cc1Cl. The quantitative estimate of drug-likeness (QED) is 0.461. The van der Waals surface area contributed by atoms with Gasteiger partial charge in [-0.25, -0.2) is 0 Å². The summed E-state index contributed by atoms with van der Waals surface area (Å²) in [6.45, 7) is 6.38. The number of hydrogen-bond acceptors (Lipinski definition) is 3. The van der Waals surface area contributed by atoms with Gasteiger partial charge in [0.1, 0.15) is 0 Å². The lowest BCUT2D eigenvalue weighted by atomic mass is 10.2. The highest BCUT2D eigenvalue weighted by Gasteiger charge is 2.11. The van der Waals surface area contributed by atoms with Crippen molar-refractivity contribution in [2.45, 2.75) is 6.92 Å². The highest BCUT2D eigenvalue weighted by atomic mass is 35.5. The van der Waals surface area contributed by atoms with Crippen LogP contribution in [-0.4, -0.2) is 18.5 Å². The summed E-state index contributed by atoms with van der Waals surface area (Å²) in [4.78, 5) is 12.0. The van der Waals surface area contributed by atoms with E-state index in [0.717, 1.165) is 11.3 Å². The fourth-order valence-electron chi connectivity index (χ4n) is 1.41. The van der Waals surface area contributed by atoms with Crippen LogP contribution in [0.2, 0.25) is 5.02 Å². The zero-order valence-electron chi connectivity index (χ0n) is 9.24. The predicted octanol–water partition coefficient (Wildman–Crippen LogP) is 3.26. The van der Waals surface area contributed by atoms with E-state index in [0.29, 0.717) is 11.6 Å². The Bertz CT molecular complexity index is 432. The second kappa shape index (κ2) is 4.99. The number of nitrogens with zero attached hydrogens (tertiary/aromatic N) is 2. The van der Waals surface area contributed by atoms with Crippen molar-refractivity contribution < 1.29 is 4.92 Å². The van der Waals surface area contributed by atoms with E-state index in [1.165, 1.54) is 12.1 Å². The molecular formula is C11H13ClN2O2. The van der Waals surface area contributed by atoms with Crippen LogP contribution in [0.15, 0.2) is 30.4 Å². The minimum absolute atomic E-state index is 0.00234. The molecule has 0 bridgehead atoms. The summed E-state index contributed by atoms with van der Waals surface area (Å²) in [5, 5.41) is 10.9. The second-order valence-electron chi connectivity index (χ2n) is 3.71. The highest BCUT2D eigenvalue weighted by Crippen LogP contribution is 2.29. The summed E-state index contributed by atoms with van der Waals surface area (Å²) in [6.07, 6.45) is 0. The van der Waals surface area contributed by atoms with Crippen LogP contribution in [0, 0.1) is 10.1 Å². The van der Waals surface area contributed by atoms with Crippen molar-refractivity contribution >= 4 is 23.0 Å². The minimum atomic E-state index is -0.464. The van der Waals surface area contributed by atoms with Crippen LogP contribution in [0.25, 0.3) is 0 Å². The molecule has 0 aliphatic heterocycles. The Morgan fingerprint density at radius 2 is 2.25 bits per heavy atom. The topological polar surface area (TPSA) is 46.4 Å². The van der Waals surface area contributed by atoms with E-state index in [2.05, 4.69) is 6.58 Å². The fraction of sp³-hybridized carbons (Fsp3) is 0.273. The van der Waals surface area contributed by atoms with E-state index in [1.807, 2.05) is 18.9 Å². The third kappa shape index (κ3) is 2.97. The minimum Gasteiger partial charge on any atom is -0.369 e. The van der Waals surface area contributed by atoms with Crippen molar-refractivity contribution in [3.63, 3.8) is 0 Å². The van der Waals surface area contributed by atoms with Crippen LogP contribution in [0.5, 0.6) is 0 Å². The Morgan fingerprint density at radius 1 is 1.62 bits per heavy atom. The Hall–Kier alpha value is -1.55. The first-order chi connectivity index (χ1) is 7.41. The molecule has 0 atom stereocenters. The van der Waals surface area contributed by atoms with Crippen molar-refractivity contribution in [3.05, 3.63) is 45.5 Å². The van der Waals surface area contributed by atoms with Gasteiger partial charge in [0, 0.05) is 25.7 Å². The van der Waals surface area contributed by atoms with Crippen LogP contribution < -0.4 is 4.90 Å². The Labute approximate surface area is 99.3 Å². The number of rotatable bonds is 4. The molecule has 0 heterocycles. The molecule has 0 fully saturated rings. The second-order valence-corrected chi connectivity index (χ2v) is 4.11. The lowest BCUT2D eigenvalue weighted by molar-refractivity contribution is -0.384. The number of benzene rings is 1. The van der Waals surface area contributed by atoms with Gasteiger partial charge in [-0.3, -0.25) is 10.1 Å². The van der Waals surface area contributed by atoms with Crippen LogP contribution in [0.1, 0.15) is 6.92 Å². The first-order valence-electron chi connectivity index (χ1n) is 4.71. The fourth-order valence-corrected chi connectivity index (χ4v) is 1.73. The van der Waals surface area contributed by atoms with Crippen molar-refractivity contribution in [3.8, 4) is 0 Å². The molecule has 0 amide bonds. The van der Waals surface area contributed by atoms with E-state index in [-0.39, 0.29) is 5.69 Å². The smallest absolute Gasteiger partial charge is 0.271 e. The molecule has 0 N–H and O–H groups in total. The number of nitro benzene ring substituents is 1. The van der Waals surface area contributed by atoms with Gasteiger partial charge in [-0.05, 0) is 13.0 Å². The molecule has 0 aromatic heterocycles. The zero-order valence-corrected chi connectivity index (χ0v) is 9.99. The number of likely N-dealkylation sites (N-methyl/N-ethyl adjacent to an activating group) is 1. The van der Waals surface area contributed by atoms with Crippen LogP contribution in [-0.2, 0) is 0 Å². The molecule has 0 unspecified atom stereocenters. The summed E-state index contributed by atoms with van der Waals surface area (Å²) in [5.74, 6) is 0. The van der Waals surface area contributed by atoms with E-state index in [1.54, 1.807) is 6.07 Å². The van der Waals surface area contributed by atoms with Crippen molar-refractivity contribution in [2.75, 3.05) is 18.5 Å². The third-order valence-corrected chi connectivity index (χ3v) is 2.36. The average Bonchev–Trinajstić information content (AvgIpc) is 2.15. The maximum atomic E-state index is 10.5. The van der Waals surface area contributed by atoms with E-state index >= 15 is 0 Å². The van der Waals surface area contributed by atoms with Crippen LogP contribution in [0.3, 0.4) is 0 Å². The Kier molecular flexibility index (Phi) is 3.90. The monoisotopic (exact) mass is 240 g/mol. The molecule has 4 nitrogen and oxygen atoms in total. The zero-order chi connectivity index (χ0) is 12.3. The van der Waals surface area contributed by atoms with Crippen LogP contribution in [0.4, 0.5) is 11.4 Å². The Morgan fingerprint density at radius 3 is 2.69 bits per heavy atom. The van der Waals surface area contributed by atoms with Gasteiger partial charge in [-0.15, -0.1) is 0 Å². The molecule has 0 spiro atoms. The molecule has 1 aromatic carbocycles. The highest BCUT2D eigenvalue weighted by molar-refractivity contribution is 6.33.